The predicted octanol–water partition coefficient (Wildman–Crippen LogP) is 3.66. The first kappa shape index (κ1) is 39.3. The molecule has 0 aromatic heterocycles. The van der Waals surface area contributed by atoms with Crippen LogP contribution in [-0.2, 0) is 44.4 Å². The topological polar surface area (TPSA) is 185 Å². The summed E-state index contributed by atoms with van der Waals surface area (Å²) in [5, 5.41) is 20.0. The molecule has 16 nitrogen and oxygen atoms in total. The Morgan fingerprint density at radius 1 is 1.08 bits per heavy atom. The molecule has 8 atom stereocenters. The number of rotatable bonds is 13. The van der Waals surface area contributed by atoms with Crippen LogP contribution in [0.3, 0.4) is 0 Å². The van der Waals surface area contributed by atoms with Gasteiger partial charge in [0.2, 0.25) is 12.5 Å². The highest BCUT2D eigenvalue weighted by molar-refractivity contribution is 5.67. The fourth-order valence-corrected chi connectivity index (χ4v) is 6.31. The minimum atomic E-state index is -0.919. The van der Waals surface area contributed by atoms with Crippen molar-refractivity contribution in [1.82, 2.24) is 0 Å². The first-order valence-corrected chi connectivity index (χ1v) is 17.1. The molecule has 52 heavy (non-hydrogen) atoms. The zero-order valence-electron chi connectivity index (χ0n) is 30.1. The van der Waals surface area contributed by atoms with Gasteiger partial charge in [-0.3, -0.25) is 4.79 Å². The van der Waals surface area contributed by atoms with Gasteiger partial charge in [0.15, 0.2) is 41.4 Å². The molecule has 2 aromatic rings. The lowest BCUT2D eigenvalue weighted by molar-refractivity contribution is -0.217. The van der Waals surface area contributed by atoms with Crippen molar-refractivity contribution in [2.75, 3.05) is 47.4 Å². The molecule has 0 bridgehead atoms. The molecule has 16 heteroatoms. The van der Waals surface area contributed by atoms with Crippen LogP contribution in [0.5, 0.6) is 28.7 Å². The van der Waals surface area contributed by atoms with Crippen molar-refractivity contribution in [1.29, 1.82) is 0 Å². The molecule has 1 aliphatic carbocycles. The van der Waals surface area contributed by atoms with E-state index in [0.717, 1.165) is 24.0 Å². The summed E-state index contributed by atoms with van der Waals surface area (Å²) in [4.78, 5) is 22.6. The Balaban J connectivity index is 0.000000212. The van der Waals surface area contributed by atoms with Gasteiger partial charge in [0.25, 0.3) is 6.47 Å². The number of benzene rings is 2. The highest BCUT2D eigenvalue weighted by Crippen LogP contribution is 2.46. The molecule has 2 fully saturated rings. The van der Waals surface area contributed by atoms with E-state index in [0.29, 0.717) is 36.1 Å². The van der Waals surface area contributed by atoms with Gasteiger partial charge in [0.05, 0.1) is 46.2 Å². The van der Waals surface area contributed by atoms with E-state index in [4.69, 9.17) is 56.8 Å². The fraction of sp³-hybridized carbons (Fsp3) is 0.611. The van der Waals surface area contributed by atoms with Crippen molar-refractivity contribution in [2.24, 2.45) is 11.8 Å². The van der Waals surface area contributed by atoms with Crippen molar-refractivity contribution >= 4 is 12.6 Å². The smallest absolute Gasteiger partial charge is 0.493 e. The molecule has 0 saturated carbocycles. The van der Waals surface area contributed by atoms with Gasteiger partial charge in [-0.15, -0.1) is 0 Å². The summed E-state index contributed by atoms with van der Waals surface area (Å²) in [7, 11) is 2.94. The molecule has 4 aliphatic rings. The molecule has 3 heterocycles. The minimum absolute atomic E-state index is 0.0414. The number of ether oxygens (including phenoxy) is 12. The number of hydrogen-bond acceptors (Lipinski definition) is 16. The molecule has 2 N–H and O–H groups in total. The zero-order chi connectivity index (χ0) is 37.4. The molecule has 2 aromatic carbocycles. The van der Waals surface area contributed by atoms with Crippen LogP contribution >= 0.6 is 0 Å². The number of aliphatic hydroxyl groups is 2. The van der Waals surface area contributed by atoms with Gasteiger partial charge < -0.3 is 67.1 Å². The molecule has 0 radical (unpaired) electrons. The monoisotopic (exact) mass is 736 g/mol. The molecule has 3 aliphatic heterocycles. The minimum Gasteiger partial charge on any atom is -0.493 e. The van der Waals surface area contributed by atoms with Crippen molar-refractivity contribution in [2.45, 2.75) is 83.3 Å². The lowest BCUT2D eigenvalue weighted by Crippen LogP contribution is -2.34. The first-order chi connectivity index (χ1) is 24.9. The maximum Gasteiger partial charge on any atom is 0.514 e. The van der Waals surface area contributed by atoms with Crippen molar-refractivity contribution in [3.8, 4) is 28.7 Å². The fourth-order valence-electron chi connectivity index (χ4n) is 6.31. The van der Waals surface area contributed by atoms with Crippen molar-refractivity contribution in [3.63, 3.8) is 0 Å². The van der Waals surface area contributed by atoms with Gasteiger partial charge in [-0.25, -0.2) is 4.79 Å². The average molecular weight is 737 g/mol. The lowest BCUT2D eigenvalue weighted by atomic mass is 9.81. The Bertz CT molecular complexity index is 1470. The number of aliphatic hydroxyl groups excluding tert-OH is 2. The largest absolute Gasteiger partial charge is 0.514 e. The van der Waals surface area contributed by atoms with Crippen LogP contribution in [-0.4, -0.2) is 107 Å². The summed E-state index contributed by atoms with van der Waals surface area (Å²) < 4.78 is 64.9. The molecule has 8 unspecified atom stereocenters. The van der Waals surface area contributed by atoms with Gasteiger partial charge in [0.1, 0.15) is 18.8 Å². The Kier molecular flexibility index (Phi) is 13.4. The van der Waals surface area contributed by atoms with Gasteiger partial charge in [-0.05, 0) is 69.0 Å². The number of aryl methyl sites for hydroxylation is 1. The maximum absolute atomic E-state index is 11.8. The summed E-state index contributed by atoms with van der Waals surface area (Å²) in [5.74, 6) is 1.27. The standard InChI is InChI=1S/C21H28O9.C15H20O7/c1-11-18(8-26-12(2)23)29-21(19(11)24)30-20-14(7-25-9-22)4-3-13-5-16-17(6-15(13)20)28-10-27-16;1-15(2)20-9-10(22-15)8-19-14(16)21-13-11(17-3)6-5-7-12(13)18-4/h5-6,9,11-12,14,18-21,23-24H,3-4,7-8,10H2,1-2H3;5-7,10H,8-9H2,1-4H3. The second-order valence-electron chi connectivity index (χ2n) is 13.1. The zero-order valence-corrected chi connectivity index (χ0v) is 30.1. The third-order valence-electron chi connectivity index (χ3n) is 9.05. The SMILES string of the molecule is CC(O)OCC1OC(OC2c3cc4c(cc3CCC2COC=O)OCO4)C(O)C1C.COc1cccc(OC)c1OC(=O)OCC1COC(C)(C)O1. The van der Waals surface area contributed by atoms with Gasteiger partial charge >= 0.3 is 6.16 Å². The van der Waals surface area contributed by atoms with Crippen molar-refractivity contribution < 1.29 is 76.6 Å². The number of carbonyl (C=O) groups excluding carboxylic acids is 2. The van der Waals surface area contributed by atoms with E-state index in [1.165, 1.54) is 21.1 Å². The number of hydrogen-bond donors (Lipinski definition) is 2. The Morgan fingerprint density at radius 3 is 2.42 bits per heavy atom. The Labute approximate surface area is 302 Å². The lowest BCUT2D eigenvalue weighted by Gasteiger charge is -2.35. The van der Waals surface area contributed by atoms with Crippen molar-refractivity contribution in [3.05, 3.63) is 41.5 Å². The van der Waals surface area contributed by atoms with E-state index >= 15 is 0 Å². The van der Waals surface area contributed by atoms with Crippen LogP contribution in [0.25, 0.3) is 0 Å². The average Bonchev–Trinajstić information content (AvgIpc) is 3.81. The molecule has 0 spiro atoms. The van der Waals surface area contributed by atoms with Gasteiger partial charge in [-0.1, -0.05) is 13.0 Å². The molecular formula is C36H48O16. The number of para-hydroxylation sites is 1. The molecule has 6 rings (SSSR count). The first-order valence-electron chi connectivity index (χ1n) is 17.1. The van der Waals surface area contributed by atoms with Crippen LogP contribution in [0, 0.1) is 11.8 Å². The van der Waals surface area contributed by atoms with Crippen LogP contribution in [0.2, 0.25) is 0 Å². The molecule has 0 amide bonds. The van der Waals surface area contributed by atoms with Crippen LogP contribution < -0.4 is 23.7 Å². The third kappa shape index (κ3) is 9.74. The summed E-state index contributed by atoms with van der Waals surface area (Å²) in [6.07, 6.45) is -3.17. The molecule has 288 valence electrons. The summed E-state index contributed by atoms with van der Waals surface area (Å²) in [5.41, 5.74) is 1.98. The highest BCUT2D eigenvalue weighted by atomic mass is 16.8. The third-order valence-corrected chi connectivity index (χ3v) is 9.05. The quantitative estimate of drug-likeness (QED) is 0.131. The normalized spacial score (nSPS) is 27.4. The molecule has 2 saturated heterocycles. The Hall–Kier alpha value is -3.90. The molecular weight excluding hydrogens is 688 g/mol. The van der Waals surface area contributed by atoms with E-state index in [1.807, 2.05) is 19.1 Å². The summed E-state index contributed by atoms with van der Waals surface area (Å²) in [6.45, 7) is 8.32. The second-order valence-corrected chi connectivity index (χ2v) is 13.1. The highest BCUT2D eigenvalue weighted by Gasteiger charge is 2.45. The van der Waals surface area contributed by atoms with Crippen LogP contribution in [0.15, 0.2) is 30.3 Å². The number of carbonyl (C=O) groups is 2. The predicted molar refractivity (Wildman–Crippen MR) is 178 cm³/mol. The number of methoxy groups -OCH3 is 2. The Morgan fingerprint density at radius 2 is 1.79 bits per heavy atom. The van der Waals surface area contributed by atoms with E-state index in [1.54, 1.807) is 32.0 Å². The summed E-state index contributed by atoms with van der Waals surface area (Å²) >= 11 is 0. The van der Waals surface area contributed by atoms with E-state index in [-0.39, 0.29) is 50.3 Å². The van der Waals surface area contributed by atoms with Crippen LogP contribution in [0.4, 0.5) is 4.79 Å². The van der Waals surface area contributed by atoms with Gasteiger partial charge in [0, 0.05) is 11.8 Å². The van der Waals surface area contributed by atoms with Gasteiger partial charge in [-0.2, -0.15) is 0 Å². The summed E-state index contributed by atoms with van der Waals surface area (Å²) in [6, 6.07) is 8.89. The second kappa shape index (κ2) is 17.7. The number of fused-ring (bicyclic) bond motifs is 2. The maximum atomic E-state index is 11.8. The van der Waals surface area contributed by atoms with Crippen LogP contribution in [0.1, 0.15) is 51.3 Å². The van der Waals surface area contributed by atoms with E-state index in [9.17, 15) is 19.8 Å². The van der Waals surface area contributed by atoms with E-state index in [2.05, 4.69) is 0 Å². The van der Waals surface area contributed by atoms with E-state index < -0.39 is 42.8 Å².